The largest absolute Gasteiger partial charge is 0.455 e. The Morgan fingerprint density at radius 3 is 1.15 bits per heavy atom. The standard InChI is InChI=1S/C62H48N2O2/c1-37-18-24-48(25-19-37)63(59-39(3)12-10-13-40(59)4)50-28-22-44-32-52-54-36-55-53-33-45-23-29-51(64(49-26-20-38(2)21-27-49)60-41(5)14-11-15-42(60)6)31-47(45)35-57(53)66-62(55)58(43-16-8-7-9-17-43)61(54)65-56(52)34-46(44)30-50/h7-36H,1-6H3. The first-order chi connectivity index (χ1) is 32.2. The number of hydrogen-bond acceptors (Lipinski definition) is 4. The van der Waals surface area contributed by atoms with E-state index in [9.17, 15) is 0 Å². The molecule has 0 atom stereocenters. The van der Waals surface area contributed by atoms with Crippen LogP contribution in [0.5, 0.6) is 0 Å². The van der Waals surface area contributed by atoms with E-state index in [1.165, 1.54) is 44.8 Å². The first kappa shape index (κ1) is 39.5. The first-order valence-electron chi connectivity index (χ1n) is 22.8. The molecule has 0 saturated heterocycles. The molecule has 0 N–H and O–H groups in total. The van der Waals surface area contributed by atoms with Crippen molar-refractivity contribution in [2.45, 2.75) is 41.5 Å². The number of fused-ring (bicyclic) bond motifs is 8. The Bertz CT molecular complexity index is 3600. The van der Waals surface area contributed by atoms with Crippen LogP contribution in [0, 0.1) is 41.5 Å². The topological polar surface area (TPSA) is 32.8 Å². The minimum Gasteiger partial charge on any atom is -0.455 e. The van der Waals surface area contributed by atoms with Gasteiger partial charge in [-0.2, -0.15) is 0 Å². The van der Waals surface area contributed by atoms with Gasteiger partial charge in [-0.25, -0.2) is 0 Å². The van der Waals surface area contributed by atoms with E-state index in [0.29, 0.717) is 0 Å². The number of benzene rings is 10. The molecule has 0 amide bonds. The minimum absolute atomic E-state index is 0.823. The summed E-state index contributed by atoms with van der Waals surface area (Å²) < 4.78 is 14.0. The van der Waals surface area contributed by atoms with Crippen molar-refractivity contribution in [3.63, 3.8) is 0 Å². The Hall–Kier alpha value is -8.08. The van der Waals surface area contributed by atoms with Crippen LogP contribution in [0.25, 0.3) is 76.5 Å². The van der Waals surface area contributed by atoms with Gasteiger partial charge >= 0.3 is 0 Å². The number of hydrogen-bond donors (Lipinski definition) is 0. The van der Waals surface area contributed by atoms with Crippen LogP contribution in [0.1, 0.15) is 33.4 Å². The Balaban J connectivity index is 1.04. The SMILES string of the molecule is Cc1ccc(N(c2ccc3cc4c(cc3c2)oc2c(-c3ccccc3)c3oc5cc6cc(N(c7ccc(C)cc7)c7c(C)cccc7C)ccc6cc5c3cc24)c2c(C)cccc2C)cc1. The third kappa shape index (κ3) is 6.43. The number of rotatable bonds is 7. The van der Waals surface area contributed by atoms with E-state index in [4.69, 9.17) is 8.83 Å². The molecule has 4 nitrogen and oxygen atoms in total. The summed E-state index contributed by atoms with van der Waals surface area (Å²) in [6, 6.07) is 66.1. The molecule has 2 aromatic heterocycles. The average molecular weight is 853 g/mol. The van der Waals surface area contributed by atoms with Gasteiger partial charge in [-0.05, 0) is 170 Å². The van der Waals surface area contributed by atoms with E-state index in [-0.39, 0.29) is 0 Å². The van der Waals surface area contributed by atoms with Crippen molar-refractivity contribution in [1.29, 1.82) is 0 Å². The molecular weight excluding hydrogens is 805 g/mol. The van der Waals surface area contributed by atoms with Crippen molar-refractivity contribution in [1.82, 2.24) is 0 Å². The van der Waals surface area contributed by atoms with Crippen molar-refractivity contribution < 1.29 is 8.83 Å². The van der Waals surface area contributed by atoms with E-state index in [2.05, 4.69) is 233 Å². The first-order valence-corrected chi connectivity index (χ1v) is 22.8. The summed E-state index contributed by atoms with van der Waals surface area (Å²) in [5, 5.41) is 8.83. The zero-order valence-electron chi connectivity index (χ0n) is 38.0. The van der Waals surface area contributed by atoms with Gasteiger partial charge in [-0.3, -0.25) is 0 Å². The number of nitrogens with zero attached hydrogens (tertiary/aromatic N) is 2. The highest BCUT2D eigenvalue weighted by Crippen LogP contribution is 2.48. The van der Waals surface area contributed by atoms with E-state index in [1.54, 1.807) is 0 Å². The summed E-state index contributed by atoms with van der Waals surface area (Å²) in [7, 11) is 0. The van der Waals surface area contributed by atoms with Crippen LogP contribution < -0.4 is 9.80 Å². The molecule has 10 aromatic carbocycles. The van der Waals surface area contributed by atoms with Gasteiger partial charge in [0.15, 0.2) is 0 Å². The fourth-order valence-corrected chi connectivity index (χ4v) is 10.3. The van der Waals surface area contributed by atoms with Gasteiger partial charge in [0.05, 0.1) is 16.9 Å². The highest BCUT2D eigenvalue weighted by atomic mass is 16.3. The smallest absolute Gasteiger partial charge is 0.147 e. The van der Waals surface area contributed by atoms with Gasteiger partial charge in [0, 0.05) is 44.3 Å². The van der Waals surface area contributed by atoms with Gasteiger partial charge in [0.2, 0.25) is 0 Å². The molecule has 12 aromatic rings. The predicted octanol–water partition coefficient (Wildman–Crippen LogP) is 18.2. The lowest BCUT2D eigenvalue weighted by Crippen LogP contribution is -2.12. The lowest BCUT2D eigenvalue weighted by molar-refractivity contribution is 0.658. The molecule has 2 heterocycles. The predicted molar refractivity (Wildman–Crippen MR) is 279 cm³/mol. The molecule has 12 rings (SSSR count). The molecule has 0 radical (unpaired) electrons. The van der Waals surface area contributed by atoms with Crippen molar-refractivity contribution in [2.24, 2.45) is 0 Å². The zero-order valence-corrected chi connectivity index (χ0v) is 38.0. The summed E-state index contributed by atoms with van der Waals surface area (Å²) in [5.74, 6) is 0. The van der Waals surface area contributed by atoms with Gasteiger partial charge in [-0.1, -0.05) is 114 Å². The van der Waals surface area contributed by atoms with E-state index >= 15 is 0 Å². The second kappa shape index (κ2) is 15.3. The third-order valence-electron chi connectivity index (χ3n) is 13.6. The summed E-state index contributed by atoms with van der Waals surface area (Å²) in [4.78, 5) is 4.77. The van der Waals surface area contributed by atoms with Crippen LogP contribution >= 0.6 is 0 Å². The van der Waals surface area contributed by atoms with Gasteiger partial charge in [0.1, 0.15) is 22.3 Å². The molecule has 0 aliphatic heterocycles. The van der Waals surface area contributed by atoms with Crippen molar-refractivity contribution in [3.05, 3.63) is 215 Å². The summed E-state index contributed by atoms with van der Waals surface area (Å²) in [6.45, 7) is 13.0. The average Bonchev–Trinajstić information content (AvgIpc) is 3.86. The quantitative estimate of drug-likeness (QED) is 0.160. The van der Waals surface area contributed by atoms with Crippen LogP contribution in [-0.2, 0) is 0 Å². The molecule has 66 heavy (non-hydrogen) atoms. The Labute approximate surface area is 384 Å². The van der Waals surface area contributed by atoms with E-state index in [1.807, 2.05) is 0 Å². The lowest BCUT2D eigenvalue weighted by atomic mass is 9.97. The highest BCUT2D eigenvalue weighted by molar-refractivity contribution is 6.24. The molecule has 0 aliphatic carbocycles. The second-order valence-corrected chi connectivity index (χ2v) is 18.2. The van der Waals surface area contributed by atoms with Crippen molar-refractivity contribution >= 4 is 99.5 Å². The van der Waals surface area contributed by atoms with Crippen LogP contribution in [-0.4, -0.2) is 0 Å². The van der Waals surface area contributed by atoms with Crippen LogP contribution in [0.4, 0.5) is 34.1 Å². The molecule has 0 aliphatic rings. The number of para-hydroxylation sites is 2. The molecule has 4 heteroatoms. The van der Waals surface area contributed by atoms with Crippen LogP contribution in [0.15, 0.2) is 191 Å². The van der Waals surface area contributed by atoms with Crippen molar-refractivity contribution in [3.8, 4) is 11.1 Å². The van der Waals surface area contributed by atoms with Crippen molar-refractivity contribution in [2.75, 3.05) is 9.80 Å². The molecule has 0 bridgehead atoms. The lowest BCUT2D eigenvalue weighted by Gasteiger charge is -2.29. The van der Waals surface area contributed by atoms with Gasteiger partial charge in [-0.15, -0.1) is 0 Å². The Morgan fingerprint density at radius 2 is 0.727 bits per heavy atom. The normalized spacial score (nSPS) is 11.8. The third-order valence-corrected chi connectivity index (χ3v) is 13.6. The molecule has 0 fully saturated rings. The fraction of sp³-hybridized carbons (Fsp3) is 0.0968. The van der Waals surface area contributed by atoms with Gasteiger partial charge < -0.3 is 18.6 Å². The molecule has 318 valence electrons. The van der Waals surface area contributed by atoms with E-state index < -0.39 is 0 Å². The van der Waals surface area contributed by atoms with Crippen LogP contribution in [0.3, 0.4) is 0 Å². The highest BCUT2D eigenvalue weighted by Gasteiger charge is 2.24. The van der Waals surface area contributed by atoms with Crippen LogP contribution in [0.2, 0.25) is 0 Å². The van der Waals surface area contributed by atoms with Gasteiger partial charge in [0.25, 0.3) is 0 Å². The summed E-state index contributed by atoms with van der Waals surface area (Å²) in [6.07, 6.45) is 0. The Morgan fingerprint density at radius 1 is 0.318 bits per heavy atom. The zero-order chi connectivity index (χ0) is 44.8. The maximum Gasteiger partial charge on any atom is 0.147 e. The monoisotopic (exact) mass is 852 g/mol. The maximum atomic E-state index is 7.02. The Kier molecular flexibility index (Phi) is 9.15. The molecule has 0 saturated carbocycles. The number of aryl methyl sites for hydroxylation is 6. The summed E-state index contributed by atoms with van der Waals surface area (Å²) >= 11 is 0. The summed E-state index contributed by atoms with van der Waals surface area (Å²) in [5.41, 5.74) is 19.6. The molecule has 0 spiro atoms. The second-order valence-electron chi connectivity index (χ2n) is 18.2. The minimum atomic E-state index is 0.823. The molecular formula is C62H48N2O2. The number of anilines is 6. The maximum absolute atomic E-state index is 7.02. The van der Waals surface area contributed by atoms with E-state index in [0.717, 1.165) is 99.3 Å². The molecule has 0 unspecified atom stereocenters. The number of furan rings is 2. The fourth-order valence-electron chi connectivity index (χ4n) is 10.3.